The third-order valence-corrected chi connectivity index (χ3v) is 6.37. The van der Waals surface area contributed by atoms with Crippen LogP contribution >= 0.6 is 0 Å². The Balaban J connectivity index is 1.56. The monoisotopic (exact) mass is 501 g/mol. The van der Waals surface area contributed by atoms with E-state index in [1.807, 2.05) is 91.9 Å². The predicted molar refractivity (Wildman–Crippen MR) is 147 cm³/mol. The quantitative estimate of drug-likeness (QED) is 0.260. The molecule has 188 valence electrons. The topological polar surface area (TPSA) is 75.4 Å². The summed E-state index contributed by atoms with van der Waals surface area (Å²) < 4.78 is 5.47. The van der Waals surface area contributed by atoms with Crippen molar-refractivity contribution in [2.24, 2.45) is 0 Å². The molecule has 2 heterocycles. The maximum atomic E-state index is 13.9. The lowest BCUT2D eigenvalue weighted by Gasteiger charge is -2.31. The standard InChI is InChI=1S/C32H27N3O3/c1-23(24-10-4-2-5-11-24)34-31(36)30(27-14-8-20-33-22-27)35(32(37)29-15-9-21-38-29)28-18-16-26(17-19-28)25-12-6-3-7-13-25/h2-23,30H,1H3,(H,34,36)/t23-,30-/m0/s1. The van der Waals surface area contributed by atoms with Gasteiger partial charge in [-0.05, 0) is 53.9 Å². The molecule has 2 atom stereocenters. The van der Waals surface area contributed by atoms with Crippen molar-refractivity contribution in [2.75, 3.05) is 4.90 Å². The first-order valence-corrected chi connectivity index (χ1v) is 12.4. The molecule has 5 aromatic rings. The summed E-state index contributed by atoms with van der Waals surface area (Å²) in [5.41, 5.74) is 4.16. The second kappa shape index (κ2) is 11.4. The molecule has 0 saturated carbocycles. The Morgan fingerprint density at radius 3 is 2.05 bits per heavy atom. The van der Waals surface area contributed by atoms with Crippen LogP contribution in [0.4, 0.5) is 5.69 Å². The van der Waals surface area contributed by atoms with Crippen LogP contribution < -0.4 is 10.2 Å². The van der Waals surface area contributed by atoms with Crippen LogP contribution in [-0.2, 0) is 4.79 Å². The zero-order valence-corrected chi connectivity index (χ0v) is 20.9. The van der Waals surface area contributed by atoms with Gasteiger partial charge in [0, 0.05) is 23.6 Å². The van der Waals surface area contributed by atoms with Crippen molar-refractivity contribution in [2.45, 2.75) is 19.0 Å². The molecule has 3 aromatic carbocycles. The first-order chi connectivity index (χ1) is 18.6. The summed E-state index contributed by atoms with van der Waals surface area (Å²) in [6.45, 7) is 1.92. The molecule has 0 unspecified atom stereocenters. The molecule has 0 saturated heterocycles. The Hall–Kier alpha value is -4.97. The lowest BCUT2D eigenvalue weighted by atomic mass is 10.0. The molecule has 0 aliphatic rings. The van der Waals surface area contributed by atoms with Crippen molar-refractivity contribution in [3.63, 3.8) is 0 Å². The molecular weight excluding hydrogens is 474 g/mol. The molecule has 0 radical (unpaired) electrons. The fourth-order valence-corrected chi connectivity index (χ4v) is 4.42. The highest BCUT2D eigenvalue weighted by Crippen LogP contribution is 2.32. The average Bonchev–Trinajstić information content (AvgIpc) is 3.52. The molecule has 0 bridgehead atoms. The van der Waals surface area contributed by atoms with Gasteiger partial charge in [0.25, 0.3) is 5.91 Å². The Labute approximate surface area is 221 Å². The van der Waals surface area contributed by atoms with E-state index < -0.39 is 11.9 Å². The summed E-state index contributed by atoms with van der Waals surface area (Å²) >= 11 is 0. The van der Waals surface area contributed by atoms with Gasteiger partial charge in [0.1, 0.15) is 6.04 Å². The number of furan rings is 1. The van der Waals surface area contributed by atoms with Gasteiger partial charge < -0.3 is 9.73 Å². The van der Waals surface area contributed by atoms with E-state index in [1.165, 1.54) is 11.2 Å². The SMILES string of the molecule is C[C@H](NC(=O)[C@H](c1cccnc1)N(C(=O)c1ccco1)c1ccc(-c2ccccc2)cc1)c1ccccc1. The van der Waals surface area contributed by atoms with E-state index >= 15 is 0 Å². The van der Waals surface area contributed by atoms with Gasteiger partial charge in [-0.15, -0.1) is 0 Å². The van der Waals surface area contributed by atoms with Crippen molar-refractivity contribution < 1.29 is 14.0 Å². The number of hydrogen-bond acceptors (Lipinski definition) is 4. The minimum atomic E-state index is -0.991. The van der Waals surface area contributed by atoms with E-state index in [2.05, 4.69) is 10.3 Å². The van der Waals surface area contributed by atoms with Gasteiger partial charge in [-0.25, -0.2) is 0 Å². The fourth-order valence-electron chi connectivity index (χ4n) is 4.42. The molecule has 2 aromatic heterocycles. The normalized spacial score (nSPS) is 12.3. The van der Waals surface area contributed by atoms with Gasteiger partial charge in [-0.3, -0.25) is 19.5 Å². The van der Waals surface area contributed by atoms with Gasteiger partial charge in [-0.1, -0.05) is 78.9 Å². The van der Waals surface area contributed by atoms with Crippen LogP contribution in [0.1, 0.15) is 40.7 Å². The number of benzene rings is 3. The summed E-state index contributed by atoms with van der Waals surface area (Å²) in [7, 11) is 0. The van der Waals surface area contributed by atoms with E-state index in [9.17, 15) is 9.59 Å². The fraction of sp³-hybridized carbons (Fsp3) is 0.0938. The van der Waals surface area contributed by atoms with E-state index in [1.54, 1.807) is 36.7 Å². The summed E-state index contributed by atoms with van der Waals surface area (Å²) in [4.78, 5) is 33.5. The Kier molecular flexibility index (Phi) is 7.41. The Morgan fingerprint density at radius 2 is 1.42 bits per heavy atom. The number of aromatic nitrogens is 1. The number of carbonyl (C=O) groups is 2. The van der Waals surface area contributed by atoms with Crippen molar-refractivity contribution in [3.8, 4) is 11.1 Å². The first kappa shape index (κ1) is 24.7. The zero-order chi connectivity index (χ0) is 26.3. The number of pyridine rings is 1. The minimum Gasteiger partial charge on any atom is -0.459 e. The van der Waals surface area contributed by atoms with Crippen molar-refractivity contribution in [3.05, 3.63) is 145 Å². The third-order valence-electron chi connectivity index (χ3n) is 6.37. The molecule has 0 aliphatic carbocycles. The molecule has 6 nitrogen and oxygen atoms in total. The van der Waals surface area contributed by atoms with Crippen molar-refractivity contribution in [1.29, 1.82) is 0 Å². The van der Waals surface area contributed by atoms with Crippen LogP contribution in [0.2, 0.25) is 0 Å². The van der Waals surface area contributed by atoms with Gasteiger partial charge in [-0.2, -0.15) is 0 Å². The smallest absolute Gasteiger partial charge is 0.294 e. The second-order valence-electron chi connectivity index (χ2n) is 8.90. The highest BCUT2D eigenvalue weighted by molar-refractivity contribution is 6.08. The minimum absolute atomic E-state index is 0.134. The van der Waals surface area contributed by atoms with Crippen LogP contribution in [0.5, 0.6) is 0 Å². The largest absolute Gasteiger partial charge is 0.459 e. The maximum Gasteiger partial charge on any atom is 0.294 e. The van der Waals surface area contributed by atoms with Gasteiger partial charge in [0.2, 0.25) is 5.91 Å². The number of nitrogens with one attached hydrogen (secondary N) is 1. The molecule has 2 amide bonds. The highest BCUT2D eigenvalue weighted by Gasteiger charge is 2.35. The summed E-state index contributed by atoms with van der Waals surface area (Å²) in [6, 6.07) is 32.8. The van der Waals surface area contributed by atoms with Gasteiger partial charge >= 0.3 is 0 Å². The maximum absolute atomic E-state index is 13.9. The van der Waals surface area contributed by atoms with Gasteiger partial charge in [0.05, 0.1) is 12.3 Å². The number of rotatable bonds is 8. The van der Waals surface area contributed by atoms with E-state index in [0.717, 1.165) is 16.7 Å². The average molecular weight is 502 g/mol. The number of hydrogen-bond donors (Lipinski definition) is 1. The Morgan fingerprint density at radius 1 is 0.763 bits per heavy atom. The van der Waals surface area contributed by atoms with Gasteiger partial charge in [0.15, 0.2) is 5.76 Å². The van der Waals surface area contributed by atoms with E-state index in [-0.39, 0.29) is 17.7 Å². The van der Waals surface area contributed by atoms with Crippen LogP contribution in [0, 0.1) is 0 Å². The van der Waals surface area contributed by atoms with Crippen LogP contribution in [-0.4, -0.2) is 16.8 Å². The summed E-state index contributed by atoms with van der Waals surface area (Å²) in [6.07, 6.45) is 4.69. The molecule has 0 aliphatic heterocycles. The number of carbonyl (C=O) groups excluding carboxylic acids is 2. The molecular formula is C32H27N3O3. The second-order valence-corrected chi connectivity index (χ2v) is 8.90. The Bertz CT molecular complexity index is 1470. The predicted octanol–water partition coefficient (Wildman–Crippen LogP) is 6.61. The highest BCUT2D eigenvalue weighted by atomic mass is 16.3. The lowest BCUT2D eigenvalue weighted by molar-refractivity contribution is -0.123. The summed E-state index contributed by atoms with van der Waals surface area (Å²) in [5, 5.41) is 3.09. The van der Waals surface area contributed by atoms with Crippen LogP contribution in [0.3, 0.4) is 0 Å². The van der Waals surface area contributed by atoms with E-state index in [0.29, 0.717) is 11.3 Å². The van der Waals surface area contributed by atoms with Crippen molar-refractivity contribution in [1.82, 2.24) is 10.3 Å². The molecule has 5 rings (SSSR count). The number of anilines is 1. The van der Waals surface area contributed by atoms with Crippen LogP contribution in [0.25, 0.3) is 11.1 Å². The molecule has 6 heteroatoms. The summed E-state index contributed by atoms with van der Waals surface area (Å²) in [5.74, 6) is -0.629. The molecule has 1 N–H and O–H groups in total. The van der Waals surface area contributed by atoms with Crippen LogP contribution in [0.15, 0.2) is 132 Å². The van der Waals surface area contributed by atoms with E-state index in [4.69, 9.17) is 4.42 Å². The molecule has 38 heavy (non-hydrogen) atoms. The zero-order valence-electron chi connectivity index (χ0n) is 20.9. The molecule has 0 spiro atoms. The first-order valence-electron chi connectivity index (χ1n) is 12.4. The number of nitrogens with zero attached hydrogens (tertiary/aromatic N) is 2. The third kappa shape index (κ3) is 5.39. The number of amides is 2. The van der Waals surface area contributed by atoms with Crippen molar-refractivity contribution >= 4 is 17.5 Å². The lowest BCUT2D eigenvalue weighted by Crippen LogP contribution is -2.44. The molecule has 0 fully saturated rings.